The number of likely N-dealkylation sites (tertiary alicyclic amines) is 1. The van der Waals surface area contributed by atoms with Crippen LogP contribution >= 0.6 is 15.9 Å². The van der Waals surface area contributed by atoms with Crippen LogP contribution < -0.4 is 0 Å². The van der Waals surface area contributed by atoms with Crippen LogP contribution in [0.3, 0.4) is 0 Å². The van der Waals surface area contributed by atoms with Crippen LogP contribution in [0.1, 0.15) is 30.4 Å². The minimum atomic E-state index is -0.897. The molecule has 1 aromatic carbocycles. The Kier molecular flexibility index (Phi) is 4.37. The van der Waals surface area contributed by atoms with Gasteiger partial charge in [-0.1, -0.05) is 47.7 Å². The molecule has 3 heteroatoms. The molecule has 1 nitrogen and oxygen atoms in total. The zero-order chi connectivity index (χ0) is 15.1. The molecule has 0 N–H and O–H groups in total. The van der Waals surface area contributed by atoms with Gasteiger partial charge in [0.1, 0.15) is 0 Å². The van der Waals surface area contributed by atoms with E-state index >= 15 is 0 Å². The van der Waals surface area contributed by atoms with Gasteiger partial charge in [0.2, 0.25) is 0 Å². The summed E-state index contributed by atoms with van der Waals surface area (Å²) >= 11 is 3.82. The summed E-state index contributed by atoms with van der Waals surface area (Å²) in [6.45, 7) is 11.4. The maximum atomic E-state index is 3.82. The highest BCUT2D eigenvalue weighted by Crippen LogP contribution is 2.49. The summed E-state index contributed by atoms with van der Waals surface area (Å²) in [6.07, 6.45) is 5.36. The van der Waals surface area contributed by atoms with Crippen molar-refractivity contribution in [2.24, 2.45) is 0 Å². The second-order valence-corrected chi connectivity index (χ2v) is 14.7. The van der Waals surface area contributed by atoms with E-state index in [2.05, 4.69) is 58.7 Å². The highest BCUT2D eigenvalue weighted by molar-refractivity contribution is 9.10. The maximum Gasteiger partial charge on any atom is 0.0455 e. The summed E-state index contributed by atoms with van der Waals surface area (Å²) in [4.78, 5) is 2.72. The van der Waals surface area contributed by atoms with Gasteiger partial charge in [0, 0.05) is 12.5 Å². The first-order chi connectivity index (χ1) is 9.90. The molecule has 1 heterocycles. The molecule has 0 atom stereocenters. The number of rotatable bonds is 3. The topological polar surface area (TPSA) is 3.24 Å². The highest BCUT2D eigenvalue weighted by atomic mass is 79.9. The Bertz CT molecular complexity index is 512. The van der Waals surface area contributed by atoms with E-state index in [0.29, 0.717) is 5.41 Å². The second kappa shape index (κ2) is 5.82. The van der Waals surface area contributed by atoms with Crippen LogP contribution in [0.2, 0.25) is 25.7 Å². The molecule has 0 radical (unpaired) electrons. The van der Waals surface area contributed by atoms with Gasteiger partial charge in [-0.25, -0.2) is 0 Å². The lowest BCUT2D eigenvalue weighted by molar-refractivity contribution is 0.164. The monoisotopic (exact) mass is 365 g/mol. The normalized spacial score (nSPS) is 21.7. The fourth-order valence-corrected chi connectivity index (χ4v) is 5.88. The van der Waals surface area contributed by atoms with Crippen LogP contribution in [0.15, 0.2) is 22.7 Å². The van der Waals surface area contributed by atoms with Gasteiger partial charge in [-0.15, -0.1) is 0 Å². The van der Waals surface area contributed by atoms with Crippen LogP contribution in [0.4, 0.5) is 0 Å². The van der Waals surface area contributed by atoms with Gasteiger partial charge in [0.15, 0.2) is 0 Å². The number of hydrogen-bond acceptors (Lipinski definition) is 1. The molecule has 0 saturated carbocycles. The quantitative estimate of drug-likeness (QED) is 0.676. The third kappa shape index (κ3) is 3.30. The molecule has 0 unspecified atom stereocenters. The lowest BCUT2D eigenvalue weighted by Gasteiger charge is -2.41. The summed E-state index contributed by atoms with van der Waals surface area (Å²) in [5, 5.41) is 0. The van der Waals surface area contributed by atoms with Gasteiger partial charge in [-0.2, -0.15) is 0 Å². The van der Waals surface area contributed by atoms with E-state index < -0.39 is 8.07 Å². The van der Waals surface area contributed by atoms with Crippen molar-refractivity contribution in [1.29, 1.82) is 0 Å². The van der Waals surface area contributed by atoms with Crippen LogP contribution in [-0.4, -0.2) is 32.6 Å². The molecule has 1 aliphatic heterocycles. The molecule has 2 aliphatic rings. The van der Waals surface area contributed by atoms with Crippen LogP contribution in [0.5, 0.6) is 0 Å². The van der Waals surface area contributed by atoms with Crippen molar-refractivity contribution < 1.29 is 0 Å². The van der Waals surface area contributed by atoms with Crippen LogP contribution in [-0.2, 0) is 11.8 Å². The molecule has 1 spiro atoms. The first-order valence-electron chi connectivity index (χ1n) is 8.40. The molecule has 3 rings (SSSR count). The fraction of sp³-hybridized carbons (Fsp3) is 0.667. The zero-order valence-corrected chi connectivity index (χ0v) is 16.3. The number of benzene rings is 1. The molecule has 21 heavy (non-hydrogen) atoms. The summed E-state index contributed by atoms with van der Waals surface area (Å²) in [7, 11) is -0.897. The van der Waals surface area contributed by atoms with E-state index in [9.17, 15) is 0 Å². The molecule has 1 fully saturated rings. The standard InChI is InChI=1S/C18H28BrNSi/c1-21(2,3)14-13-20-11-9-18(10-12-20)8-7-15-5-4-6-16(19)17(15)18/h4-6H,7-14H2,1-3H3. The van der Waals surface area contributed by atoms with E-state index in [1.165, 1.54) is 55.8 Å². The minimum absolute atomic E-state index is 0.477. The van der Waals surface area contributed by atoms with E-state index in [1.54, 1.807) is 11.1 Å². The molecule has 0 amide bonds. The van der Waals surface area contributed by atoms with Gasteiger partial charge in [0.25, 0.3) is 0 Å². The smallest absolute Gasteiger partial charge is 0.0455 e. The molecular formula is C18H28BrNSi. The molecule has 0 aromatic heterocycles. The first kappa shape index (κ1) is 15.8. The van der Waals surface area contributed by atoms with E-state index in [1.807, 2.05) is 0 Å². The summed E-state index contributed by atoms with van der Waals surface area (Å²) in [5.41, 5.74) is 3.72. The molecular weight excluding hydrogens is 338 g/mol. The lowest BCUT2D eigenvalue weighted by Crippen LogP contribution is -2.43. The maximum absolute atomic E-state index is 3.82. The van der Waals surface area contributed by atoms with Crippen molar-refractivity contribution in [2.45, 2.75) is 56.8 Å². The minimum Gasteiger partial charge on any atom is -0.304 e. The molecule has 0 bridgehead atoms. The van der Waals surface area contributed by atoms with E-state index in [0.717, 1.165) is 0 Å². The third-order valence-electron chi connectivity index (χ3n) is 5.49. The van der Waals surface area contributed by atoms with Gasteiger partial charge >= 0.3 is 0 Å². The lowest BCUT2D eigenvalue weighted by atomic mass is 9.74. The van der Waals surface area contributed by atoms with Gasteiger partial charge < -0.3 is 4.90 Å². The Morgan fingerprint density at radius 2 is 1.86 bits per heavy atom. The molecule has 1 aromatic rings. The Labute approximate surface area is 139 Å². The average Bonchev–Trinajstić information content (AvgIpc) is 2.78. The van der Waals surface area contributed by atoms with Gasteiger partial charge in [0.05, 0.1) is 0 Å². The Hall–Kier alpha value is -0.123. The first-order valence-corrected chi connectivity index (χ1v) is 12.9. The Balaban J connectivity index is 1.67. The number of aryl methyl sites for hydroxylation is 1. The zero-order valence-electron chi connectivity index (χ0n) is 13.7. The summed E-state index contributed by atoms with van der Waals surface area (Å²) in [5.74, 6) is 0. The SMILES string of the molecule is C[Si](C)(C)CCN1CCC2(CCc3cccc(Br)c32)CC1. The molecule has 116 valence electrons. The number of halogens is 1. The molecule has 1 aliphatic carbocycles. The van der Waals surface area contributed by atoms with Crippen LogP contribution in [0, 0.1) is 0 Å². The van der Waals surface area contributed by atoms with E-state index in [4.69, 9.17) is 0 Å². The fourth-order valence-electron chi connectivity index (χ4n) is 4.07. The van der Waals surface area contributed by atoms with Crippen molar-refractivity contribution in [2.75, 3.05) is 19.6 Å². The van der Waals surface area contributed by atoms with E-state index in [-0.39, 0.29) is 0 Å². The van der Waals surface area contributed by atoms with Crippen molar-refractivity contribution >= 4 is 24.0 Å². The summed E-state index contributed by atoms with van der Waals surface area (Å²) < 4.78 is 1.35. The Morgan fingerprint density at radius 1 is 1.14 bits per heavy atom. The highest BCUT2D eigenvalue weighted by Gasteiger charge is 2.42. The predicted molar refractivity (Wildman–Crippen MR) is 98.0 cm³/mol. The number of hydrogen-bond donors (Lipinski definition) is 0. The summed E-state index contributed by atoms with van der Waals surface area (Å²) in [6, 6.07) is 8.22. The van der Waals surface area contributed by atoms with Crippen molar-refractivity contribution in [3.05, 3.63) is 33.8 Å². The number of nitrogens with zero attached hydrogens (tertiary/aromatic N) is 1. The number of fused-ring (bicyclic) bond motifs is 2. The predicted octanol–water partition coefficient (Wildman–Crippen LogP) is 5.07. The van der Waals surface area contributed by atoms with Gasteiger partial charge in [-0.05, 0) is 74.0 Å². The van der Waals surface area contributed by atoms with Crippen molar-refractivity contribution in [3.8, 4) is 0 Å². The largest absolute Gasteiger partial charge is 0.304 e. The van der Waals surface area contributed by atoms with Crippen molar-refractivity contribution in [1.82, 2.24) is 4.90 Å². The molecule has 1 saturated heterocycles. The Morgan fingerprint density at radius 3 is 2.52 bits per heavy atom. The number of piperidine rings is 1. The third-order valence-corrected chi connectivity index (χ3v) is 7.88. The van der Waals surface area contributed by atoms with Gasteiger partial charge in [-0.3, -0.25) is 0 Å². The second-order valence-electron chi connectivity index (χ2n) is 8.21. The van der Waals surface area contributed by atoms with Crippen LogP contribution in [0.25, 0.3) is 0 Å². The average molecular weight is 366 g/mol. The van der Waals surface area contributed by atoms with Crippen molar-refractivity contribution in [3.63, 3.8) is 0 Å².